The van der Waals surface area contributed by atoms with Gasteiger partial charge in [0.15, 0.2) is 0 Å². The fraction of sp³-hybridized carbons (Fsp3) is 0. The molecule has 4 nitrogen and oxygen atoms in total. The monoisotopic (exact) mass is 182 g/mol. The Balaban J connectivity index is 3.20. The number of nitriles is 1. The summed E-state index contributed by atoms with van der Waals surface area (Å²) in [5, 5.41) is 8.35. The Morgan fingerprint density at radius 2 is 1.75 bits per heavy atom. The lowest BCUT2D eigenvalue weighted by molar-refractivity contribution is 0.463. The van der Waals surface area contributed by atoms with Crippen LogP contribution in [0.2, 0.25) is 0 Å². The number of rotatable bonds is 1. The van der Waals surface area contributed by atoms with Crippen molar-refractivity contribution in [2.45, 2.75) is 4.90 Å². The summed E-state index contributed by atoms with van der Waals surface area (Å²) >= 11 is 0. The average molecular weight is 182 g/mol. The Morgan fingerprint density at radius 1 is 1.25 bits per heavy atom. The molecule has 0 aliphatic heterocycles. The van der Waals surface area contributed by atoms with Crippen LogP contribution in [0.4, 0.5) is 0 Å². The first-order chi connectivity index (χ1) is 5.54. The highest BCUT2D eigenvalue weighted by Gasteiger charge is 1.99. The van der Waals surface area contributed by atoms with E-state index in [0.29, 0.717) is 5.56 Å². The van der Waals surface area contributed by atoms with E-state index < -0.39 is 10.1 Å². The third kappa shape index (κ3) is 1.81. The maximum atomic E-state index is 10.4. The van der Waals surface area contributed by atoms with E-state index in [1.165, 1.54) is 12.1 Å². The lowest BCUT2D eigenvalue weighted by Gasteiger charge is -2.05. The van der Waals surface area contributed by atoms with Crippen molar-refractivity contribution < 1.29 is 13.0 Å². The van der Waals surface area contributed by atoms with Gasteiger partial charge in [-0.3, -0.25) is 0 Å². The largest absolute Gasteiger partial charge is 0.744 e. The van der Waals surface area contributed by atoms with Crippen LogP contribution in [-0.2, 0) is 10.1 Å². The first-order valence-electron chi connectivity index (χ1n) is 3.00. The van der Waals surface area contributed by atoms with Gasteiger partial charge in [-0.2, -0.15) is 5.26 Å². The van der Waals surface area contributed by atoms with Gasteiger partial charge in [-0.15, -0.1) is 0 Å². The predicted molar refractivity (Wildman–Crippen MR) is 39.1 cm³/mol. The van der Waals surface area contributed by atoms with E-state index >= 15 is 0 Å². The predicted octanol–water partition coefficient (Wildman–Crippen LogP) is 0.462. The average Bonchev–Trinajstić information content (AvgIpc) is 2.03. The Morgan fingerprint density at radius 3 is 2.08 bits per heavy atom. The topological polar surface area (TPSA) is 81.0 Å². The molecule has 62 valence electrons. The highest BCUT2D eigenvalue weighted by atomic mass is 32.2. The SMILES string of the molecule is N#Cc1ccc(S(=O)(=O)[O-])cc1. The number of nitrogens with zero attached hydrogens (tertiary/aromatic N) is 1. The van der Waals surface area contributed by atoms with E-state index in [1.807, 2.05) is 6.07 Å². The minimum absolute atomic E-state index is 0.318. The molecule has 0 aliphatic carbocycles. The van der Waals surface area contributed by atoms with E-state index in [2.05, 4.69) is 0 Å². The minimum Gasteiger partial charge on any atom is -0.744 e. The highest BCUT2D eigenvalue weighted by molar-refractivity contribution is 7.85. The quantitative estimate of drug-likeness (QED) is 0.591. The lowest BCUT2D eigenvalue weighted by Crippen LogP contribution is -1.97. The molecule has 0 radical (unpaired) electrons. The molecule has 5 heteroatoms. The van der Waals surface area contributed by atoms with Crippen LogP contribution in [-0.4, -0.2) is 13.0 Å². The van der Waals surface area contributed by atoms with Crippen molar-refractivity contribution >= 4 is 10.1 Å². The van der Waals surface area contributed by atoms with Crippen LogP contribution < -0.4 is 0 Å². The van der Waals surface area contributed by atoms with Gasteiger partial charge in [0.05, 0.1) is 16.5 Å². The summed E-state index contributed by atoms with van der Waals surface area (Å²) in [7, 11) is -4.39. The first kappa shape index (κ1) is 8.71. The molecule has 0 saturated heterocycles. The Labute approximate surface area is 69.8 Å². The van der Waals surface area contributed by atoms with Crippen molar-refractivity contribution in [1.82, 2.24) is 0 Å². The van der Waals surface area contributed by atoms with Gasteiger partial charge in [-0.25, -0.2) is 8.42 Å². The summed E-state index contributed by atoms with van der Waals surface area (Å²) < 4.78 is 31.2. The lowest BCUT2D eigenvalue weighted by atomic mass is 10.2. The molecule has 1 rings (SSSR count). The number of benzene rings is 1. The molecule has 0 saturated carbocycles. The van der Waals surface area contributed by atoms with Gasteiger partial charge in [0.1, 0.15) is 10.1 Å². The van der Waals surface area contributed by atoms with Crippen molar-refractivity contribution in [1.29, 1.82) is 5.26 Å². The molecule has 0 spiro atoms. The maximum absolute atomic E-state index is 10.4. The van der Waals surface area contributed by atoms with Gasteiger partial charge < -0.3 is 4.55 Å². The smallest absolute Gasteiger partial charge is 0.124 e. The fourth-order valence-corrected chi connectivity index (χ4v) is 1.17. The van der Waals surface area contributed by atoms with E-state index in [1.54, 1.807) is 0 Å². The minimum atomic E-state index is -4.39. The third-order valence-corrected chi connectivity index (χ3v) is 2.12. The van der Waals surface area contributed by atoms with Crippen LogP contribution in [0.3, 0.4) is 0 Å². The molecule has 0 amide bonds. The van der Waals surface area contributed by atoms with Gasteiger partial charge in [0.2, 0.25) is 0 Å². The van der Waals surface area contributed by atoms with Crippen molar-refractivity contribution in [2.24, 2.45) is 0 Å². The van der Waals surface area contributed by atoms with Gasteiger partial charge >= 0.3 is 0 Å². The Hall–Kier alpha value is -1.38. The van der Waals surface area contributed by atoms with Crippen molar-refractivity contribution in [3.05, 3.63) is 29.8 Å². The number of hydrogen-bond donors (Lipinski definition) is 0. The van der Waals surface area contributed by atoms with Crippen molar-refractivity contribution in [3.8, 4) is 6.07 Å². The van der Waals surface area contributed by atoms with Gasteiger partial charge in [-0.05, 0) is 24.3 Å². The highest BCUT2D eigenvalue weighted by Crippen LogP contribution is 2.08. The van der Waals surface area contributed by atoms with Gasteiger partial charge in [-0.1, -0.05) is 0 Å². The normalized spacial score (nSPS) is 10.7. The molecule has 0 heterocycles. The standard InChI is InChI=1S/C7H5NO3S/c8-5-6-1-3-7(4-2-6)12(9,10)11/h1-4H,(H,9,10,11)/p-1. The summed E-state index contributed by atoms with van der Waals surface area (Å²) in [6.45, 7) is 0. The number of hydrogen-bond acceptors (Lipinski definition) is 4. The molecule has 1 aromatic carbocycles. The maximum Gasteiger partial charge on any atom is 0.124 e. The first-order valence-corrected chi connectivity index (χ1v) is 4.41. The van der Waals surface area contributed by atoms with E-state index in [0.717, 1.165) is 12.1 Å². The van der Waals surface area contributed by atoms with Gasteiger partial charge in [0, 0.05) is 0 Å². The molecule has 0 bridgehead atoms. The second-order valence-corrected chi connectivity index (χ2v) is 3.47. The van der Waals surface area contributed by atoms with E-state index in [9.17, 15) is 13.0 Å². The van der Waals surface area contributed by atoms with E-state index in [-0.39, 0.29) is 4.90 Å². The molecule has 0 unspecified atom stereocenters. The zero-order valence-electron chi connectivity index (χ0n) is 5.89. The molecule has 1 aromatic rings. The van der Waals surface area contributed by atoms with E-state index in [4.69, 9.17) is 5.26 Å². The third-order valence-electron chi connectivity index (χ3n) is 1.27. The summed E-state index contributed by atoms with van der Waals surface area (Å²) in [6.07, 6.45) is 0. The van der Waals surface area contributed by atoms with Crippen LogP contribution in [0.25, 0.3) is 0 Å². The molecule has 0 fully saturated rings. The molecule has 0 aromatic heterocycles. The molecule has 12 heavy (non-hydrogen) atoms. The summed E-state index contributed by atoms with van der Waals surface area (Å²) in [6, 6.07) is 6.60. The Kier molecular flexibility index (Phi) is 2.13. The summed E-state index contributed by atoms with van der Waals surface area (Å²) in [4.78, 5) is -0.318. The van der Waals surface area contributed by atoms with Gasteiger partial charge in [0.25, 0.3) is 0 Å². The van der Waals surface area contributed by atoms with Crippen LogP contribution in [0.1, 0.15) is 5.56 Å². The molecule has 0 atom stereocenters. The zero-order valence-corrected chi connectivity index (χ0v) is 6.71. The molecule has 0 N–H and O–H groups in total. The van der Waals surface area contributed by atoms with Crippen LogP contribution in [0.5, 0.6) is 0 Å². The van der Waals surface area contributed by atoms with Crippen molar-refractivity contribution in [2.75, 3.05) is 0 Å². The zero-order chi connectivity index (χ0) is 9.19. The molecular weight excluding hydrogens is 178 g/mol. The van der Waals surface area contributed by atoms with Crippen LogP contribution in [0, 0.1) is 11.3 Å². The summed E-state index contributed by atoms with van der Waals surface area (Å²) in [5.74, 6) is 0. The molecular formula is C7H4NO3S-. The Bertz CT molecular complexity index is 413. The summed E-state index contributed by atoms with van der Waals surface area (Å²) in [5.41, 5.74) is 0.322. The van der Waals surface area contributed by atoms with Crippen LogP contribution >= 0.6 is 0 Å². The molecule has 0 aliphatic rings. The second kappa shape index (κ2) is 2.93. The van der Waals surface area contributed by atoms with Crippen molar-refractivity contribution in [3.63, 3.8) is 0 Å². The van der Waals surface area contributed by atoms with Crippen LogP contribution in [0.15, 0.2) is 29.2 Å². The fourth-order valence-electron chi connectivity index (χ4n) is 0.696. The second-order valence-electron chi connectivity index (χ2n) is 2.09.